The smallest absolute Gasteiger partial charge is 0.416 e. The molecule has 0 fully saturated rings. The van der Waals surface area contributed by atoms with E-state index >= 15 is 0 Å². The number of pyridine rings is 1. The molecule has 0 spiro atoms. The molecule has 0 bridgehead atoms. The number of alkyl halides is 3. The first-order valence-corrected chi connectivity index (χ1v) is 5.70. The summed E-state index contributed by atoms with van der Waals surface area (Å²) in [6.07, 6.45) is -4.40. The minimum absolute atomic E-state index is 0.110. The predicted molar refractivity (Wildman–Crippen MR) is 68.3 cm³/mol. The lowest BCUT2D eigenvalue weighted by molar-refractivity contribution is -0.137. The zero-order chi connectivity index (χ0) is 15.5. The molecule has 110 valence electrons. The van der Waals surface area contributed by atoms with Crippen molar-refractivity contribution in [3.63, 3.8) is 0 Å². The second-order valence-corrected chi connectivity index (χ2v) is 3.97. The number of amidine groups is 1. The minimum atomic E-state index is -4.40. The summed E-state index contributed by atoms with van der Waals surface area (Å²) in [6, 6.07) is 8.72. The molecule has 21 heavy (non-hydrogen) atoms. The van der Waals surface area contributed by atoms with E-state index in [0.717, 1.165) is 12.1 Å². The second-order valence-electron chi connectivity index (χ2n) is 3.97. The fraction of sp³-hybridized carbons (Fsp3) is 0.0769. The van der Waals surface area contributed by atoms with Crippen LogP contribution in [0.2, 0.25) is 0 Å². The largest absolute Gasteiger partial charge is 0.439 e. The van der Waals surface area contributed by atoms with E-state index < -0.39 is 11.7 Å². The molecular weight excluding hydrogens is 287 g/mol. The lowest BCUT2D eigenvalue weighted by Crippen LogP contribution is -2.14. The van der Waals surface area contributed by atoms with Crippen molar-refractivity contribution in [3.05, 3.63) is 53.7 Å². The molecule has 0 unspecified atom stereocenters. The van der Waals surface area contributed by atoms with Gasteiger partial charge in [0.15, 0.2) is 5.84 Å². The fourth-order valence-corrected chi connectivity index (χ4v) is 1.50. The molecule has 0 amide bonds. The number of benzene rings is 1. The molecule has 0 radical (unpaired) electrons. The highest BCUT2D eigenvalue weighted by molar-refractivity contribution is 5.95. The Hall–Kier alpha value is -2.77. The molecule has 0 atom stereocenters. The molecule has 5 nitrogen and oxygen atoms in total. The Bertz CT molecular complexity index is 654. The summed E-state index contributed by atoms with van der Waals surface area (Å²) in [5.74, 6) is 0.0962. The minimum Gasteiger partial charge on any atom is -0.439 e. The van der Waals surface area contributed by atoms with Gasteiger partial charge in [-0.15, -0.1) is 0 Å². The SMILES string of the molecule is NC(=NO)c1cccc(Oc2ccc(C(F)(F)F)cc2)n1. The average Bonchev–Trinajstić information content (AvgIpc) is 2.46. The van der Waals surface area contributed by atoms with E-state index in [1.54, 1.807) is 6.07 Å². The lowest BCUT2D eigenvalue weighted by atomic mass is 10.2. The van der Waals surface area contributed by atoms with Crippen molar-refractivity contribution >= 4 is 5.84 Å². The zero-order valence-corrected chi connectivity index (χ0v) is 10.5. The van der Waals surface area contributed by atoms with Crippen LogP contribution in [0.5, 0.6) is 11.6 Å². The Labute approximate surface area is 117 Å². The second kappa shape index (κ2) is 5.70. The van der Waals surface area contributed by atoms with E-state index in [2.05, 4.69) is 10.1 Å². The predicted octanol–water partition coefficient (Wildman–Crippen LogP) is 2.99. The summed E-state index contributed by atoms with van der Waals surface area (Å²) in [7, 11) is 0. The maximum absolute atomic E-state index is 12.4. The molecule has 0 aliphatic carbocycles. The molecule has 1 aromatic carbocycles. The molecule has 0 saturated heterocycles. The van der Waals surface area contributed by atoms with E-state index in [9.17, 15) is 13.2 Å². The van der Waals surface area contributed by atoms with Crippen molar-refractivity contribution in [2.45, 2.75) is 6.18 Å². The van der Waals surface area contributed by atoms with Gasteiger partial charge in [0.2, 0.25) is 5.88 Å². The Morgan fingerprint density at radius 3 is 2.38 bits per heavy atom. The standard InChI is InChI=1S/C13H10F3N3O2/c14-13(15,16)8-4-6-9(7-5-8)21-11-3-1-2-10(18-11)12(17)19-20/h1-7,20H,(H2,17,19). The van der Waals surface area contributed by atoms with E-state index in [-0.39, 0.29) is 23.2 Å². The highest BCUT2D eigenvalue weighted by Crippen LogP contribution is 2.31. The van der Waals surface area contributed by atoms with E-state index in [4.69, 9.17) is 15.7 Å². The molecule has 1 heterocycles. The number of oxime groups is 1. The quantitative estimate of drug-likeness (QED) is 0.395. The van der Waals surface area contributed by atoms with Crippen LogP contribution in [0.4, 0.5) is 13.2 Å². The normalized spacial score (nSPS) is 12.2. The average molecular weight is 297 g/mol. The van der Waals surface area contributed by atoms with E-state index in [1.807, 2.05) is 0 Å². The van der Waals surface area contributed by atoms with Crippen molar-refractivity contribution in [2.75, 3.05) is 0 Å². The van der Waals surface area contributed by atoms with Crippen molar-refractivity contribution < 1.29 is 23.1 Å². The van der Waals surface area contributed by atoms with Crippen LogP contribution >= 0.6 is 0 Å². The van der Waals surface area contributed by atoms with Gasteiger partial charge in [-0.05, 0) is 30.3 Å². The Morgan fingerprint density at radius 1 is 1.14 bits per heavy atom. The first kappa shape index (κ1) is 14.6. The monoisotopic (exact) mass is 297 g/mol. The fourth-order valence-electron chi connectivity index (χ4n) is 1.50. The first-order chi connectivity index (χ1) is 9.90. The molecule has 0 aliphatic rings. The number of halogens is 3. The van der Waals surface area contributed by atoms with Gasteiger partial charge in [-0.1, -0.05) is 11.2 Å². The third-order valence-corrected chi connectivity index (χ3v) is 2.50. The third-order valence-electron chi connectivity index (χ3n) is 2.50. The Morgan fingerprint density at radius 2 is 1.81 bits per heavy atom. The number of rotatable bonds is 3. The first-order valence-electron chi connectivity index (χ1n) is 5.70. The van der Waals surface area contributed by atoms with Crippen molar-refractivity contribution in [1.82, 2.24) is 4.98 Å². The highest BCUT2D eigenvalue weighted by Gasteiger charge is 2.30. The molecule has 1 aromatic heterocycles. The van der Waals surface area contributed by atoms with Crippen LogP contribution < -0.4 is 10.5 Å². The van der Waals surface area contributed by atoms with Crippen LogP contribution in [0.25, 0.3) is 0 Å². The Kier molecular flexibility index (Phi) is 3.97. The summed E-state index contributed by atoms with van der Waals surface area (Å²) in [5, 5.41) is 11.3. The van der Waals surface area contributed by atoms with Gasteiger partial charge in [-0.3, -0.25) is 0 Å². The van der Waals surface area contributed by atoms with E-state index in [1.165, 1.54) is 24.3 Å². The van der Waals surface area contributed by atoms with Crippen LogP contribution in [-0.4, -0.2) is 16.0 Å². The summed E-state index contributed by atoms with van der Waals surface area (Å²) in [4.78, 5) is 3.95. The van der Waals surface area contributed by atoms with Gasteiger partial charge in [-0.25, -0.2) is 4.98 Å². The summed E-state index contributed by atoms with van der Waals surface area (Å²) < 4.78 is 42.6. The number of nitrogens with zero attached hydrogens (tertiary/aromatic N) is 2. The van der Waals surface area contributed by atoms with Gasteiger partial charge < -0.3 is 15.7 Å². The summed E-state index contributed by atoms with van der Waals surface area (Å²) in [6.45, 7) is 0. The highest BCUT2D eigenvalue weighted by atomic mass is 19.4. The number of nitrogens with two attached hydrogens (primary N) is 1. The van der Waals surface area contributed by atoms with Gasteiger partial charge in [0.1, 0.15) is 11.4 Å². The van der Waals surface area contributed by atoms with E-state index in [0.29, 0.717) is 0 Å². The summed E-state index contributed by atoms with van der Waals surface area (Å²) in [5.41, 5.74) is 4.79. The van der Waals surface area contributed by atoms with Crippen LogP contribution in [0.15, 0.2) is 47.6 Å². The molecular formula is C13H10F3N3O2. The number of aromatic nitrogens is 1. The van der Waals surface area contributed by atoms with Crippen LogP contribution in [0.1, 0.15) is 11.3 Å². The molecule has 2 aromatic rings. The third kappa shape index (κ3) is 3.62. The Balaban J connectivity index is 2.19. The van der Waals surface area contributed by atoms with Crippen LogP contribution in [0, 0.1) is 0 Å². The molecule has 8 heteroatoms. The maximum Gasteiger partial charge on any atom is 0.416 e. The number of hydrogen-bond donors (Lipinski definition) is 2. The van der Waals surface area contributed by atoms with Crippen molar-refractivity contribution in [2.24, 2.45) is 10.9 Å². The topological polar surface area (TPSA) is 80.7 Å². The number of hydrogen-bond acceptors (Lipinski definition) is 4. The van der Waals surface area contributed by atoms with Gasteiger partial charge in [-0.2, -0.15) is 13.2 Å². The lowest BCUT2D eigenvalue weighted by Gasteiger charge is -2.09. The molecule has 0 saturated carbocycles. The van der Waals surface area contributed by atoms with Gasteiger partial charge in [0.25, 0.3) is 0 Å². The van der Waals surface area contributed by atoms with Crippen LogP contribution in [0.3, 0.4) is 0 Å². The van der Waals surface area contributed by atoms with Crippen molar-refractivity contribution in [3.8, 4) is 11.6 Å². The van der Waals surface area contributed by atoms with Crippen LogP contribution in [-0.2, 0) is 6.18 Å². The zero-order valence-electron chi connectivity index (χ0n) is 10.5. The van der Waals surface area contributed by atoms with Gasteiger partial charge in [0, 0.05) is 6.07 Å². The van der Waals surface area contributed by atoms with Crippen molar-refractivity contribution in [1.29, 1.82) is 0 Å². The molecule has 3 N–H and O–H groups in total. The van der Waals surface area contributed by atoms with Gasteiger partial charge >= 0.3 is 6.18 Å². The summed E-state index contributed by atoms with van der Waals surface area (Å²) >= 11 is 0. The maximum atomic E-state index is 12.4. The molecule has 0 aliphatic heterocycles. The number of ether oxygens (including phenoxy) is 1. The van der Waals surface area contributed by atoms with Gasteiger partial charge in [0.05, 0.1) is 5.56 Å². The molecule has 2 rings (SSSR count).